The van der Waals surface area contributed by atoms with Gasteiger partial charge in [0.05, 0.1) is 0 Å². The van der Waals surface area contributed by atoms with Gasteiger partial charge in [0.25, 0.3) is 0 Å². The van der Waals surface area contributed by atoms with E-state index in [4.69, 9.17) is 0 Å². The van der Waals surface area contributed by atoms with Crippen LogP contribution in [0.25, 0.3) is 0 Å². The lowest BCUT2D eigenvalue weighted by Crippen LogP contribution is -2.06. The van der Waals surface area contributed by atoms with Gasteiger partial charge in [-0.3, -0.25) is 0 Å². The molecular formula is C14H14F2. The van der Waals surface area contributed by atoms with E-state index >= 15 is 0 Å². The summed E-state index contributed by atoms with van der Waals surface area (Å²) < 4.78 is 25.8. The summed E-state index contributed by atoms with van der Waals surface area (Å²) in [5, 5.41) is 0. The molecular weight excluding hydrogens is 206 g/mol. The molecule has 0 aliphatic heterocycles. The maximum atomic E-state index is 12.9. The minimum absolute atomic E-state index is 0.0305. The van der Waals surface area contributed by atoms with Crippen molar-refractivity contribution in [2.45, 2.75) is 32.6 Å². The maximum absolute atomic E-state index is 12.9. The van der Waals surface area contributed by atoms with E-state index in [1.165, 1.54) is 25.0 Å². The van der Waals surface area contributed by atoms with Crippen molar-refractivity contribution in [3.05, 3.63) is 35.4 Å². The smallest absolute Gasteiger partial charge is 0.127 e. The van der Waals surface area contributed by atoms with Crippen molar-refractivity contribution in [1.29, 1.82) is 0 Å². The fourth-order valence-corrected chi connectivity index (χ4v) is 2.13. The molecule has 0 atom stereocenters. The SMILES string of the molecule is CC1(C#Cc2cc(F)cc(F)c2)CCCC1. The summed E-state index contributed by atoms with van der Waals surface area (Å²) >= 11 is 0. The third-order valence-corrected chi connectivity index (χ3v) is 3.08. The zero-order valence-corrected chi connectivity index (χ0v) is 9.32. The average Bonchev–Trinajstić information content (AvgIpc) is 2.62. The summed E-state index contributed by atoms with van der Waals surface area (Å²) in [5.41, 5.74) is 0.452. The molecule has 0 amide bonds. The molecule has 0 heterocycles. The summed E-state index contributed by atoms with van der Waals surface area (Å²) in [6.45, 7) is 2.11. The fraction of sp³-hybridized carbons (Fsp3) is 0.429. The van der Waals surface area contributed by atoms with Gasteiger partial charge in [-0.05, 0) is 31.9 Å². The molecule has 0 saturated heterocycles. The highest BCUT2D eigenvalue weighted by Crippen LogP contribution is 2.36. The van der Waals surface area contributed by atoms with Crippen molar-refractivity contribution < 1.29 is 8.78 Å². The number of halogens is 2. The Labute approximate surface area is 94.7 Å². The van der Waals surface area contributed by atoms with E-state index < -0.39 is 11.6 Å². The normalized spacial score (nSPS) is 17.9. The Morgan fingerprint density at radius 1 is 1.06 bits per heavy atom. The van der Waals surface area contributed by atoms with Crippen LogP contribution >= 0.6 is 0 Å². The van der Waals surface area contributed by atoms with E-state index in [1.54, 1.807) is 0 Å². The number of benzene rings is 1. The molecule has 2 heteroatoms. The molecule has 1 aromatic carbocycles. The van der Waals surface area contributed by atoms with Gasteiger partial charge in [0.1, 0.15) is 11.6 Å². The largest absolute Gasteiger partial charge is 0.207 e. The van der Waals surface area contributed by atoms with Crippen LogP contribution in [0.3, 0.4) is 0 Å². The fourth-order valence-electron chi connectivity index (χ4n) is 2.13. The summed E-state index contributed by atoms with van der Waals surface area (Å²) in [5.74, 6) is 4.89. The number of rotatable bonds is 0. The lowest BCUT2D eigenvalue weighted by atomic mass is 9.89. The zero-order chi connectivity index (χ0) is 11.6. The predicted molar refractivity (Wildman–Crippen MR) is 59.8 cm³/mol. The van der Waals surface area contributed by atoms with E-state index in [9.17, 15) is 8.78 Å². The lowest BCUT2D eigenvalue weighted by Gasteiger charge is -2.13. The van der Waals surface area contributed by atoms with E-state index in [0.29, 0.717) is 5.56 Å². The van der Waals surface area contributed by atoms with Crippen LogP contribution in [0.1, 0.15) is 38.2 Å². The second-order valence-corrected chi connectivity index (χ2v) is 4.68. The molecule has 16 heavy (non-hydrogen) atoms. The Morgan fingerprint density at radius 3 is 2.19 bits per heavy atom. The van der Waals surface area contributed by atoms with E-state index in [1.807, 2.05) is 0 Å². The molecule has 84 valence electrons. The maximum Gasteiger partial charge on any atom is 0.127 e. The minimum Gasteiger partial charge on any atom is -0.207 e. The molecule has 0 unspecified atom stereocenters. The van der Waals surface area contributed by atoms with E-state index in [0.717, 1.165) is 18.9 Å². The van der Waals surface area contributed by atoms with Crippen molar-refractivity contribution in [3.8, 4) is 11.8 Å². The second-order valence-electron chi connectivity index (χ2n) is 4.68. The van der Waals surface area contributed by atoms with Gasteiger partial charge in [-0.15, -0.1) is 0 Å². The van der Waals surface area contributed by atoms with Crippen molar-refractivity contribution in [2.24, 2.45) is 5.41 Å². The molecule has 1 aliphatic rings. The highest BCUT2D eigenvalue weighted by molar-refractivity contribution is 5.36. The molecule has 0 bridgehead atoms. The third kappa shape index (κ3) is 2.61. The zero-order valence-electron chi connectivity index (χ0n) is 9.32. The predicted octanol–water partition coefficient (Wildman–Crippen LogP) is 3.90. The molecule has 1 fully saturated rings. The first-order valence-electron chi connectivity index (χ1n) is 5.57. The first kappa shape index (κ1) is 11.1. The first-order valence-corrected chi connectivity index (χ1v) is 5.57. The van der Waals surface area contributed by atoms with Crippen LogP contribution in [0.5, 0.6) is 0 Å². The number of hydrogen-bond acceptors (Lipinski definition) is 0. The average molecular weight is 220 g/mol. The summed E-state index contributed by atoms with van der Waals surface area (Å²) in [6, 6.07) is 3.41. The molecule has 0 nitrogen and oxygen atoms in total. The highest BCUT2D eigenvalue weighted by atomic mass is 19.1. The Morgan fingerprint density at radius 2 is 1.62 bits per heavy atom. The molecule has 0 radical (unpaired) electrons. The first-order chi connectivity index (χ1) is 7.57. The van der Waals surface area contributed by atoms with Crippen LogP contribution in [-0.4, -0.2) is 0 Å². The van der Waals surface area contributed by atoms with Crippen LogP contribution in [0.4, 0.5) is 8.78 Å². The Bertz CT molecular complexity index is 425. The van der Waals surface area contributed by atoms with Gasteiger partial charge in [-0.1, -0.05) is 24.7 Å². The standard InChI is InChI=1S/C14H14F2/c1-14(5-2-3-6-14)7-4-11-8-12(15)10-13(16)9-11/h8-10H,2-3,5-6H2,1H3. The van der Waals surface area contributed by atoms with Gasteiger partial charge in [0.15, 0.2) is 0 Å². The Hall–Kier alpha value is -1.36. The molecule has 0 N–H and O–H groups in total. The summed E-state index contributed by atoms with van der Waals surface area (Å²) in [7, 11) is 0. The van der Waals surface area contributed by atoms with Crippen molar-refractivity contribution in [3.63, 3.8) is 0 Å². The quantitative estimate of drug-likeness (QED) is 0.582. The van der Waals surface area contributed by atoms with Gasteiger partial charge in [-0.25, -0.2) is 8.78 Å². The molecule has 2 rings (SSSR count). The Balaban J connectivity index is 2.23. The summed E-state index contributed by atoms with van der Waals surface area (Å²) in [6.07, 6.45) is 4.56. The summed E-state index contributed by atoms with van der Waals surface area (Å²) in [4.78, 5) is 0. The minimum atomic E-state index is -0.569. The second kappa shape index (κ2) is 4.25. The van der Waals surface area contributed by atoms with Crippen molar-refractivity contribution >= 4 is 0 Å². The highest BCUT2D eigenvalue weighted by Gasteiger charge is 2.25. The van der Waals surface area contributed by atoms with Crippen molar-refractivity contribution in [1.82, 2.24) is 0 Å². The molecule has 0 spiro atoms. The molecule has 1 saturated carbocycles. The monoisotopic (exact) mass is 220 g/mol. The van der Waals surface area contributed by atoms with Crippen LogP contribution in [-0.2, 0) is 0 Å². The van der Waals surface area contributed by atoms with E-state index in [2.05, 4.69) is 18.8 Å². The topological polar surface area (TPSA) is 0 Å². The van der Waals surface area contributed by atoms with Gasteiger partial charge in [-0.2, -0.15) is 0 Å². The van der Waals surface area contributed by atoms with Gasteiger partial charge in [0, 0.05) is 17.0 Å². The third-order valence-electron chi connectivity index (χ3n) is 3.08. The molecule has 0 aromatic heterocycles. The molecule has 1 aromatic rings. The lowest BCUT2D eigenvalue weighted by molar-refractivity contribution is 0.469. The van der Waals surface area contributed by atoms with Gasteiger partial charge >= 0.3 is 0 Å². The van der Waals surface area contributed by atoms with Gasteiger partial charge < -0.3 is 0 Å². The molecule has 1 aliphatic carbocycles. The Kier molecular flexibility index (Phi) is 2.96. The van der Waals surface area contributed by atoms with Crippen LogP contribution in [0.2, 0.25) is 0 Å². The van der Waals surface area contributed by atoms with E-state index in [-0.39, 0.29) is 5.41 Å². The van der Waals surface area contributed by atoms with Crippen molar-refractivity contribution in [2.75, 3.05) is 0 Å². The van der Waals surface area contributed by atoms with Gasteiger partial charge in [0.2, 0.25) is 0 Å². The van der Waals surface area contributed by atoms with Crippen LogP contribution < -0.4 is 0 Å². The van der Waals surface area contributed by atoms with Crippen LogP contribution in [0, 0.1) is 28.9 Å². The van der Waals surface area contributed by atoms with Crippen LogP contribution in [0.15, 0.2) is 18.2 Å². The number of hydrogen-bond donors (Lipinski definition) is 0.